The number of fused-ring (bicyclic) bond motifs is 3. The third-order valence-corrected chi connectivity index (χ3v) is 4.82. The van der Waals surface area contributed by atoms with Crippen LogP contribution in [-0.2, 0) is 12.8 Å². The molecule has 0 radical (unpaired) electrons. The van der Waals surface area contributed by atoms with E-state index in [2.05, 4.69) is 49.0 Å². The summed E-state index contributed by atoms with van der Waals surface area (Å²) in [5.74, 6) is 0. The molecule has 3 rings (SSSR count). The van der Waals surface area contributed by atoms with Gasteiger partial charge in [-0.3, -0.25) is 0 Å². The quantitative estimate of drug-likeness (QED) is 0.842. The smallest absolute Gasteiger partial charge is 0.0470 e. The highest BCUT2D eigenvalue weighted by Crippen LogP contribution is 2.30. The standard InChI is InChI=1S/C16H22N2S/c1-11(2)19-12-4-5-13-14-6-8-18(3)9-7-15(14)17-16(13)10-12/h4-5,10-11,17H,6-9H2,1-3H3. The molecule has 0 unspecified atom stereocenters. The maximum Gasteiger partial charge on any atom is 0.0470 e. The maximum atomic E-state index is 3.65. The number of H-pyrrole nitrogens is 1. The number of nitrogens with zero attached hydrogens (tertiary/aromatic N) is 1. The second-order valence-corrected chi connectivity index (χ2v) is 7.41. The van der Waals surface area contributed by atoms with E-state index >= 15 is 0 Å². The van der Waals surface area contributed by atoms with Gasteiger partial charge >= 0.3 is 0 Å². The first kappa shape index (κ1) is 13.1. The van der Waals surface area contributed by atoms with Crippen LogP contribution in [0.4, 0.5) is 0 Å². The fourth-order valence-electron chi connectivity index (χ4n) is 2.85. The van der Waals surface area contributed by atoms with Crippen molar-refractivity contribution in [3.8, 4) is 0 Å². The van der Waals surface area contributed by atoms with Gasteiger partial charge in [0.05, 0.1) is 0 Å². The van der Waals surface area contributed by atoms with Crippen LogP contribution in [0.2, 0.25) is 0 Å². The van der Waals surface area contributed by atoms with Gasteiger partial charge in [-0.2, -0.15) is 0 Å². The molecule has 1 aliphatic rings. The van der Waals surface area contributed by atoms with Crippen LogP contribution >= 0.6 is 11.8 Å². The van der Waals surface area contributed by atoms with Crippen LogP contribution in [0.5, 0.6) is 0 Å². The van der Waals surface area contributed by atoms with E-state index in [1.54, 1.807) is 5.56 Å². The lowest BCUT2D eigenvalue weighted by atomic mass is 10.1. The van der Waals surface area contributed by atoms with E-state index in [4.69, 9.17) is 0 Å². The van der Waals surface area contributed by atoms with E-state index in [1.165, 1.54) is 34.5 Å². The van der Waals surface area contributed by atoms with Gasteiger partial charge in [-0.05, 0) is 31.2 Å². The Balaban J connectivity index is 1.99. The summed E-state index contributed by atoms with van der Waals surface area (Å²) in [4.78, 5) is 7.44. The van der Waals surface area contributed by atoms with Gasteiger partial charge in [0, 0.05) is 46.3 Å². The van der Waals surface area contributed by atoms with Gasteiger partial charge in [0.25, 0.3) is 0 Å². The molecule has 0 saturated carbocycles. The summed E-state index contributed by atoms with van der Waals surface area (Å²) < 4.78 is 0. The molecule has 0 saturated heterocycles. The molecule has 2 aromatic rings. The van der Waals surface area contributed by atoms with Crippen LogP contribution in [0.15, 0.2) is 23.1 Å². The molecule has 0 bridgehead atoms. The van der Waals surface area contributed by atoms with Crippen LogP contribution in [0.25, 0.3) is 10.9 Å². The Labute approximate surface area is 119 Å². The Kier molecular flexibility index (Phi) is 3.59. The number of hydrogen-bond acceptors (Lipinski definition) is 2. The summed E-state index contributed by atoms with van der Waals surface area (Å²) in [5, 5.41) is 2.07. The summed E-state index contributed by atoms with van der Waals surface area (Å²) >= 11 is 1.94. The summed E-state index contributed by atoms with van der Waals surface area (Å²) in [7, 11) is 2.21. The zero-order chi connectivity index (χ0) is 13.4. The number of aromatic nitrogens is 1. The lowest BCUT2D eigenvalue weighted by Crippen LogP contribution is -2.21. The molecule has 0 spiro atoms. The third-order valence-electron chi connectivity index (χ3n) is 3.82. The minimum atomic E-state index is 0.638. The maximum absolute atomic E-state index is 3.65. The number of nitrogens with one attached hydrogen (secondary N) is 1. The zero-order valence-electron chi connectivity index (χ0n) is 12.0. The Hall–Kier alpha value is -0.930. The normalized spacial score (nSPS) is 16.8. The van der Waals surface area contributed by atoms with Crippen LogP contribution in [0.1, 0.15) is 25.1 Å². The average molecular weight is 274 g/mol. The minimum Gasteiger partial charge on any atom is -0.358 e. The van der Waals surface area contributed by atoms with E-state index < -0.39 is 0 Å². The molecule has 0 fully saturated rings. The number of rotatable bonds is 2. The van der Waals surface area contributed by atoms with Crippen LogP contribution in [0.3, 0.4) is 0 Å². The lowest BCUT2D eigenvalue weighted by molar-refractivity contribution is 0.352. The molecule has 1 aromatic heterocycles. The van der Waals surface area contributed by atoms with E-state index in [0.29, 0.717) is 5.25 Å². The first-order chi connectivity index (χ1) is 9.13. The van der Waals surface area contributed by atoms with Crippen molar-refractivity contribution in [2.24, 2.45) is 0 Å². The Bertz CT molecular complexity index is 586. The summed E-state index contributed by atoms with van der Waals surface area (Å²) in [6.45, 7) is 6.82. The highest BCUT2D eigenvalue weighted by atomic mass is 32.2. The fourth-order valence-corrected chi connectivity index (χ4v) is 3.73. The number of aromatic amines is 1. The van der Waals surface area contributed by atoms with Crippen LogP contribution in [0, 0.1) is 0 Å². The molecule has 2 heterocycles. The molecule has 2 nitrogen and oxygen atoms in total. The minimum absolute atomic E-state index is 0.638. The molecule has 1 aromatic carbocycles. The van der Waals surface area contributed by atoms with Crippen molar-refractivity contribution in [2.45, 2.75) is 36.8 Å². The van der Waals surface area contributed by atoms with Crippen molar-refractivity contribution in [3.05, 3.63) is 29.5 Å². The van der Waals surface area contributed by atoms with E-state index in [1.807, 2.05) is 11.8 Å². The van der Waals surface area contributed by atoms with Crippen molar-refractivity contribution in [1.29, 1.82) is 0 Å². The molecule has 0 atom stereocenters. The summed E-state index contributed by atoms with van der Waals surface area (Å²) in [5.41, 5.74) is 4.31. The van der Waals surface area contributed by atoms with E-state index in [9.17, 15) is 0 Å². The second kappa shape index (κ2) is 5.22. The summed E-state index contributed by atoms with van der Waals surface area (Å²) in [6.07, 6.45) is 2.32. The van der Waals surface area contributed by atoms with Gasteiger partial charge in [-0.25, -0.2) is 0 Å². The average Bonchev–Trinajstić information content (AvgIpc) is 2.59. The van der Waals surface area contributed by atoms with Crippen molar-refractivity contribution in [3.63, 3.8) is 0 Å². The highest BCUT2D eigenvalue weighted by Gasteiger charge is 2.16. The first-order valence-corrected chi connectivity index (χ1v) is 8.00. The van der Waals surface area contributed by atoms with Gasteiger partial charge in [-0.1, -0.05) is 19.9 Å². The van der Waals surface area contributed by atoms with Gasteiger partial charge in [0.1, 0.15) is 0 Å². The molecular formula is C16H22N2S. The number of likely N-dealkylation sites (N-methyl/N-ethyl adjacent to an activating group) is 1. The molecule has 3 heteroatoms. The van der Waals surface area contributed by atoms with Crippen LogP contribution in [-0.4, -0.2) is 35.3 Å². The van der Waals surface area contributed by atoms with Crippen molar-refractivity contribution in [1.82, 2.24) is 9.88 Å². The van der Waals surface area contributed by atoms with Gasteiger partial charge in [0.15, 0.2) is 0 Å². The number of hydrogen-bond donors (Lipinski definition) is 1. The molecular weight excluding hydrogens is 252 g/mol. The van der Waals surface area contributed by atoms with Crippen molar-refractivity contribution >= 4 is 22.7 Å². The molecule has 1 aliphatic heterocycles. The predicted molar refractivity (Wildman–Crippen MR) is 84.2 cm³/mol. The van der Waals surface area contributed by atoms with Crippen molar-refractivity contribution in [2.75, 3.05) is 20.1 Å². The second-order valence-electron chi connectivity index (χ2n) is 5.76. The van der Waals surface area contributed by atoms with E-state index in [0.717, 1.165) is 13.0 Å². The predicted octanol–water partition coefficient (Wildman–Crippen LogP) is 3.70. The summed E-state index contributed by atoms with van der Waals surface area (Å²) in [6, 6.07) is 6.90. The fraction of sp³-hybridized carbons (Fsp3) is 0.500. The topological polar surface area (TPSA) is 19.0 Å². The third kappa shape index (κ3) is 2.67. The monoisotopic (exact) mass is 274 g/mol. The Morgan fingerprint density at radius 3 is 2.79 bits per heavy atom. The first-order valence-electron chi connectivity index (χ1n) is 7.12. The Morgan fingerprint density at radius 1 is 1.21 bits per heavy atom. The van der Waals surface area contributed by atoms with Gasteiger partial charge < -0.3 is 9.88 Å². The molecule has 102 valence electrons. The molecule has 19 heavy (non-hydrogen) atoms. The number of benzene rings is 1. The lowest BCUT2D eigenvalue weighted by Gasteiger charge is -2.11. The highest BCUT2D eigenvalue weighted by molar-refractivity contribution is 7.99. The molecule has 0 aliphatic carbocycles. The largest absolute Gasteiger partial charge is 0.358 e. The number of thioether (sulfide) groups is 1. The van der Waals surface area contributed by atoms with E-state index in [-0.39, 0.29) is 0 Å². The zero-order valence-corrected chi connectivity index (χ0v) is 12.8. The Morgan fingerprint density at radius 2 is 2.00 bits per heavy atom. The SMILES string of the molecule is CC(C)Sc1ccc2c3c([nH]c2c1)CCN(C)CC3. The van der Waals surface area contributed by atoms with Gasteiger partial charge in [0.2, 0.25) is 0 Å². The molecule has 0 amide bonds. The van der Waals surface area contributed by atoms with Gasteiger partial charge in [-0.15, -0.1) is 11.8 Å². The molecule has 1 N–H and O–H groups in total. The van der Waals surface area contributed by atoms with Crippen molar-refractivity contribution < 1.29 is 0 Å². The van der Waals surface area contributed by atoms with Crippen LogP contribution < -0.4 is 0 Å².